The fraction of sp³-hybridized carbons (Fsp3) is 0.408. The lowest BCUT2D eigenvalue weighted by Gasteiger charge is -2.42. The second-order valence-corrected chi connectivity index (χ2v) is 19.9. The first-order valence-corrected chi connectivity index (χ1v) is 22.3. The second kappa shape index (κ2) is 14.4. The zero-order valence-electron chi connectivity index (χ0n) is 35.9. The van der Waals surface area contributed by atoms with Gasteiger partial charge in [-0.3, -0.25) is 33.8 Å². The molecule has 4 N–H and O–H groups in total. The molecule has 10 unspecified atom stereocenters. The van der Waals surface area contributed by atoms with E-state index in [1.54, 1.807) is 0 Å². The number of hydrogen-bond acceptors (Lipinski definition) is 7. The molecule has 0 radical (unpaired) electrons. The quantitative estimate of drug-likeness (QED) is 0.118. The highest BCUT2D eigenvalue weighted by atomic mass is 19.4. The number of Topliss-reactive ketones (excluding diaryl/α,β-unsaturated/α-hetero) is 1. The predicted octanol–water partition coefficient (Wildman–Crippen LogP) is 10.6. The maximum absolute atomic E-state index is 15.2. The van der Waals surface area contributed by atoms with Gasteiger partial charge in [0.15, 0.2) is 0 Å². The topological polar surface area (TPSA) is 144 Å². The Morgan fingerprint density at radius 1 is 0.429 bits per heavy atom. The summed E-state index contributed by atoms with van der Waals surface area (Å²) in [5.74, 6) is -10.5. The van der Waals surface area contributed by atoms with Gasteiger partial charge in [-0.1, -0.05) is 24.3 Å². The number of carbonyl (C=O) groups excluding carboxylic acids is 5. The molecule has 5 aliphatic carbocycles. The summed E-state index contributed by atoms with van der Waals surface area (Å²) in [7, 11) is 0. The van der Waals surface area contributed by atoms with Crippen LogP contribution in [0.3, 0.4) is 0 Å². The van der Waals surface area contributed by atoms with Crippen molar-refractivity contribution >= 4 is 52.2 Å². The number of nitrogens with zero attached hydrogens (tertiary/aromatic N) is 2. The van der Waals surface area contributed by atoms with E-state index in [0.717, 1.165) is 48.5 Å². The summed E-state index contributed by atoms with van der Waals surface area (Å²) in [6, 6.07) is 8.93. The summed E-state index contributed by atoms with van der Waals surface area (Å²) in [4.78, 5) is 73.5. The van der Waals surface area contributed by atoms with Crippen molar-refractivity contribution in [2.24, 2.45) is 58.2 Å². The Balaban J connectivity index is 0.877. The lowest BCUT2D eigenvalue weighted by molar-refractivity contribution is -0.145. The van der Waals surface area contributed by atoms with E-state index in [4.69, 9.17) is 11.5 Å². The summed E-state index contributed by atoms with van der Waals surface area (Å²) in [6.45, 7) is 0. The van der Waals surface area contributed by atoms with Crippen LogP contribution in [0, 0.1) is 58.2 Å². The molecule has 4 aromatic rings. The molecule has 10 atom stereocenters. The van der Waals surface area contributed by atoms with Gasteiger partial charge in [-0.2, -0.15) is 52.7 Å². The van der Waals surface area contributed by atoms with Crippen LogP contribution in [0.1, 0.15) is 60.8 Å². The van der Waals surface area contributed by atoms with Crippen LogP contribution in [0.4, 0.5) is 75.4 Å². The van der Waals surface area contributed by atoms with Gasteiger partial charge in [0.2, 0.25) is 23.6 Å². The predicted molar refractivity (Wildman–Crippen MR) is 223 cm³/mol. The molecular formula is C49H36F12N4O5. The molecule has 4 bridgehead atoms. The summed E-state index contributed by atoms with van der Waals surface area (Å²) in [6.07, 6.45) is -19.5. The van der Waals surface area contributed by atoms with Gasteiger partial charge in [-0.05, 0) is 133 Å². The van der Waals surface area contributed by atoms with Crippen molar-refractivity contribution in [3.05, 3.63) is 95.1 Å². The molecule has 7 aliphatic rings. The van der Waals surface area contributed by atoms with Crippen molar-refractivity contribution in [2.45, 2.75) is 63.2 Å². The average molecular weight is 989 g/mol. The van der Waals surface area contributed by atoms with Crippen LogP contribution < -0.4 is 21.3 Å². The van der Waals surface area contributed by atoms with Gasteiger partial charge in [-0.15, -0.1) is 0 Å². The van der Waals surface area contributed by atoms with E-state index in [1.165, 1.54) is 0 Å². The molecule has 5 saturated carbocycles. The van der Waals surface area contributed by atoms with Crippen molar-refractivity contribution in [3.63, 3.8) is 0 Å². The summed E-state index contributed by atoms with van der Waals surface area (Å²) in [5, 5.41) is 0. The number of nitrogen functional groups attached to an aromatic ring is 2. The number of benzene rings is 4. The van der Waals surface area contributed by atoms with Gasteiger partial charge in [-0.25, -0.2) is 0 Å². The highest BCUT2D eigenvalue weighted by molar-refractivity contribution is 6.24. The fourth-order valence-electron chi connectivity index (χ4n) is 14.4. The van der Waals surface area contributed by atoms with Crippen LogP contribution in [0.25, 0.3) is 22.3 Å². The number of alkyl halides is 12. The minimum Gasteiger partial charge on any atom is -0.399 e. The van der Waals surface area contributed by atoms with Crippen molar-refractivity contribution in [2.75, 3.05) is 21.3 Å². The molecule has 4 amide bonds. The van der Waals surface area contributed by atoms with Crippen LogP contribution in [0.2, 0.25) is 0 Å². The number of halogens is 12. The fourth-order valence-corrected chi connectivity index (χ4v) is 14.4. The van der Waals surface area contributed by atoms with E-state index in [-0.39, 0.29) is 55.7 Å². The van der Waals surface area contributed by atoms with Gasteiger partial charge in [0.05, 0.1) is 57.3 Å². The van der Waals surface area contributed by atoms with Gasteiger partial charge < -0.3 is 11.5 Å². The van der Waals surface area contributed by atoms with E-state index >= 15 is 4.79 Å². The molecule has 366 valence electrons. The largest absolute Gasteiger partial charge is 0.417 e. The first-order valence-electron chi connectivity index (χ1n) is 22.3. The number of anilines is 4. The van der Waals surface area contributed by atoms with E-state index in [1.807, 2.05) is 0 Å². The number of nitrogens with two attached hydrogens (primary N) is 2. The maximum Gasteiger partial charge on any atom is 0.417 e. The molecule has 2 aliphatic heterocycles. The third-order valence-electron chi connectivity index (χ3n) is 16.8. The number of amides is 4. The number of carbonyl (C=O) groups is 5. The van der Waals surface area contributed by atoms with Crippen LogP contribution in [0.5, 0.6) is 0 Å². The minimum absolute atomic E-state index is 0.150. The summed E-state index contributed by atoms with van der Waals surface area (Å²) >= 11 is 0. The number of ketones is 1. The molecule has 0 aromatic heterocycles. The Labute approximate surface area is 388 Å². The molecule has 21 heteroatoms. The molecule has 4 aromatic carbocycles. The average Bonchev–Trinajstić information content (AvgIpc) is 4.14. The summed E-state index contributed by atoms with van der Waals surface area (Å²) < 4.78 is 172. The normalized spacial score (nSPS) is 31.4. The third kappa shape index (κ3) is 6.22. The Morgan fingerprint density at radius 3 is 1.06 bits per heavy atom. The Hall–Kier alpha value is -6.41. The zero-order chi connectivity index (χ0) is 50.3. The van der Waals surface area contributed by atoms with Crippen LogP contribution in [-0.2, 0) is 48.7 Å². The highest BCUT2D eigenvalue weighted by Crippen LogP contribution is 2.76. The highest BCUT2D eigenvalue weighted by Gasteiger charge is 2.78. The number of fused-ring (bicyclic) bond motifs is 12. The maximum atomic E-state index is 15.2. The number of hydrogen-bond donors (Lipinski definition) is 2. The molecular weight excluding hydrogens is 953 g/mol. The first-order chi connectivity index (χ1) is 32.6. The van der Waals surface area contributed by atoms with E-state index in [2.05, 4.69) is 0 Å². The van der Waals surface area contributed by atoms with Crippen molar-refractivity contribution in [1.29, 1.82) is 0 Å². The molecule has 70 heavy (non-hydrogen) atoms. The van der Waals surface area contributed by atoms with E-state index in [9.17, 15) is 71.9 Å². The number of rotatable bonds is 4. The molecule has 2 saturated heterocycles. The lowest BCUT2D eigenvalue weighted by atomic mass is 9.58. The molecule has 7 fully saturated rings. The van der Waals surface area contributed by atoms with E-state index in [0.29, 0.717) is 34.1 Å². The van der Waals surface area contributed by atoms with Gasteiger partial charge >= 0.3 is 24.7 Å². The van der Waals surface area contributed by atoms with E-state index < -0.39 is 162 Å². The summed E-state index contributed by atoms with van der Waals surface area (Å²) in [5.41, 5.74) is -2.43. The molecule has 2 heterocycles. The molecule has 9 nitrogen and oxygen atoms in total. The van der Waals surface area contributed by atoms with Crippen LogP contribution in [0.15, 0.2) is 72.8 Å². The SMILES string of the molecule is Nc1ccc(-c2ccc(N3C(=O)C4C5CC(C4C3=O)C3(CCC4(CC6CC4C4C(=O)N(c7ccc(-c8ccc(N)cc8C(F)(F)F)c(C(F)(F)F)c7)C(=O)C64)C3=O)C5)cc2C(F)(F)F)c(C(F)(F)F)c1. The zero-order valence-corrected chi connectivity index (χ0v) is 35.9. The molecule has 11 rings (SSSR count). The van der Waals surface area contributed by atoms with Gasteiger partial charge in [0.25, 0.3) is 0 Å². The molecule has 2 spiro atoms. The van der Waals surface area contributed by atoms with Crippen LogP contribution >= 0.6 is 0 Å². The third-order valence-corrected chi connectivity index (χ3v) is 16.8. The number of imide groups is 2. The van der Waals surface area contributed by atoms with Gasteiger partial charge in [0.1, 0.15) is 5.78 Å². The Bertz CT molecular complexity index is 2840. The van der Waals surface area contributed by atoms with Crippen LogP contribution in [-0.4, -0.2) is 29.4 Å². The Morgan fingerprint density at radius 2 is 0.729 bits per heavy atom. The second-order valence-electron chi connectivity index (χ2n) is 19.9. The van der Waals surface area contributed by atoms with Crippen molar-refractivity contribution in [1.82, 2.24) is 0 Å². The van der Waals surface area contributed by atoms with Crippen molar-refractivity contribution < 1.29 is 76.7 Å². The van der Waals surface area contributed by atoms with Gasteiger partial charge in [0, 0.05) is 22.2 Å². The first kappa shape index (κ1) is 46.0. The smallest absolute Gasteiger partial charge is 0.399 e. The minimum atomic E-state index is -5.26. The standard InChI is InChI=1S/C49H36F12N4O5/c50-46(51,52)29-13-21(62)1-5-25(29)27-7-3-23(15-31(27)48(56,57)58)64-39(66)35-19-11-33(37(35)41(64)68)44(17-19)9-10-45(43(44)70)18-20-12-34(45)38-36(20)40(67)65(42(38)69)24-4-8-28(32(16-24)49(59,60)61)26-6-2-22(63)14-30(26)47(53,54)55/h1-8,13-16,19-20,33-38H,9-12,17-18,62-63H2. The monoisotopic (exact) mass is 988 g/mol. The Kier molecular flexibility index (Phi) is 9.44. The lowest BCUT2D eigenvalue weighted by Crippen LogP contribution is -2.48. The van der Waals surface area contributed by atoms with Crippen molar-refractivity contribution in [3.8, 4) is 22.3 Å².